The minimum atomic E-state index is -0.918. The second-order valence-electron chi connectivity index (χ2n) is 8.20. The molecular weight excluding hydrogens is 482 g/mol. The molecule has 1 unspecified atom stereocenters. The van der Waals surface area contributed by atoms with Crippen molar-refractivity contribution in [1.82, 2.24) is 0 Å². The summed E-state index contributed by atoms with van der Waals surface area (Å²) >= 11 is 6.15. The first kappa shape index (κ1) is 25.1. The van der Waals surface area contributed by atoms with Crippen molar-refractivity contribution in [3.63, 3.8) is 0 Å². The Kier molecular flexibility index (Phi) is 7.22. The molecule has 0 aliphatic carbocycles. The molecule has 1 aliphatic rings. The van der Waals surface area contributed by atoms with Gasteiger partial charge >= 0.3 is 0 Å². The Hall–Kier alpha value is -3.97. The van der Waals surface area contributed by atoms with E-state index < -0.39 is 17.7 Å². The number of anilines is 1. The van der Waals surface area contributed by atoms with Crippen LogP contribution in [0.25, 0.3) is 5.76 Å². The van der Waals surface area contributed by atoms with Crippen molar-refractivity contribution >= 4 is 34.7 Å². The number of amides is 1. The average molecular weight is 508 g/mol. The van der Waals surface area contributed by atoms with Crippen LogP contribution >= 0.6 is 11.6 Å². The highest BCUT2D eigenvalue weighted by atomic mass is 35.5. The number of hydrogen-bond donors (Lipinski definition) is 1. The summed E-state index contributed by atoms with van der Waals surface area (Å²) in [6, 6.07) is 16.2. The van der Waals surface area contributed by atoms with Gasteiger partial charge in [0.1, 0.15) is 11.5 Å². The number of Topliss-reactive ketones (excluding diaryl/α,β-unsaturated/α-hetero) is 1. The maximum Gasteiger partial charge on any atom is 0.300 e. The summed E-state index contributed by atoms with van der Waals surface area (Å²) in [5.74, 6) is -0.595. The van der Waals surface area contributed by atoms with Gasteiger partial charge in [0.05, 0.1) is 37.5 Å². The third-order valence-corrected chi connectivity index (χ3v) is 6.26. The van der Waals surface area contributed by atoms with E-state index in [9.17, 15) is 14.7 Å². The maximum absolute atomic E-state index is 13.4. The smallest absolute Gasteiger partial charge is 0.300 e. The molecule has 0 aromatic heterocycles. The van der Waals surface area contributed by atoms with E-state index in [2.05, 4.69) is 0 Å². The van der Waals surface area contributed by atoms with E-state index >= 15 is 0 Å². The molecule has 1 atom stereocenters. The molecule has 0 spiro atoms. The molecular formula is C28H26ClNO6. The Morgan fingerprint density at radius 1 is 0.972 bits per heavy atom. The molecule has 4 rings (SSSR count). The summed E-state index contributed by atoms with van der Waals surface area (Å²) in [6.45, 7) is 4.20. The summed E-state index contributed by atoms with van der Waals surface area (Å²) in [6.07, 6.45) is 0. The van der Waals surface area contributed by atoms with E-state index in [1.165, 1.54) is 25.2 Å². The second-order valence-corrected chi connectivity index (χ2v) is 8.61. The average Bonchev–Trinajstić information content (AvgIpc) is 3.14. The van der Waals surface area contributed by atoms with E-state index in [0.717, 1.165) is 5.56 Å². The number of methoxy groups -OCH3 is 2. The molecule has 36 heavy (non-hydrogen) atoms. The lowest BCUT2D eigenvalue weighted by atomic mass is 9.94. The molecule has 0 radical (unpaired) electrons. The number of rotatable bonds is 7. The number of hydrogen-bond acceptors (Lipinski definition) is 6. The summed E-state index contributed by atoms with van der Waals surface area (Å²) in [5, 5.41) is 11.7. The highest BCUT2D eigenvalue weighted by Crippen LogP contribution is 2.44. The molecule has 8 heteroatoms. The molecule has 3 aromatic carbocycles. The topological polar surface area (TPSA) is 85.3 Å². The fourth-order valence-corrected chi connectivity index (χ4v) is 4.48. The van der Waals surface area contributed by atoms with Gasteiger partial charge < -0.3 is 19.3 Å². The fourth-order valence-electron chi connectivity index (χ4n) is 4.28. The summed E-state index contributed by atoms with van der Waals surface area (Å²) < 4.78 is 16.4. The van der Waals surface area contributed by atoms with Crippen LogP contribution in [0, 0.1) is 6.92 Å². The van der Waals surface area contributed by atoms with Gasteiger partial charge in [-0.1, -0.05) is 29.8 Å². The minimum Gasteiger partial charge on any atom is -0.507 e. The van der Waals surface area contributed by atoms with Crippen LogP contribution in [0.5, 0.6) is 17.2 Å². The number of aliphatic hydroxyl groups excluding tert-OH is 1. The van der Waals surface area contributed by atoms with Crippen LogP contribution < -0.4 is 19.1 Å². The van der Waals surface area contributed by atoms with Gasteiger partial charge in [-0.25, -0.2) is 0 Å². The number of aliphatic hydroxyl groups is 1. The van der Waals surface area contributed by atoms with Gasteiger partial charge in [0, 0.05) is 11.3 Å². The molecule has 1 aliphatic heterocycles. The van der Waals surface area contributed by atoms with E-state index in [0.29, 0.717) is 45.7 Å². The molecule has 1 amide bonds. The predicted molar refractivity (Wildman–Crippen MR) is 138 cm³/mol. The zero-order valence-electron chi connectivity index (χ0n) is 20.4. The van der Waals surface area contributed by atoms with Crippen LogP contribution in [0.3, 0.4) is 0 Å². The van der Waals surface area contributed by atoms with Crippen molar-refractivity contribution < 1.29 is 28.9 Å². The first-order valence-corrected chi connectivity index (χ1v) is 11.7. The lowest BCUT2D eigenvalue weighted by Crippen LogP contribution is -2.29. The number of halogens is 1. The molecule has 1 N–H and O–H groups in total. The number of benzene rings is 3. The highest BCUT2D eigenvalue weighted by molar-refractivity contribution is 6.51. The van der Waals surface area contributed by atoms with Crippen LogP contribution in [0.4, 0.5) is 5.69 Å². The van der Waals surface area contributed by atoms with Gasteiger partial charge in [-0.3, -0.25) is 14.5 Å². The third-order valence-electron chi connectivity index (χ3n) is 5.95. The van der Waals surface area contributed by atoms with Crippen molar-refractivity contribution in [2.45, 2.75) is 19.9 Å². The zero-order valence-corrected chi connectivity index (χ0v) is 21.1. The van der Waals surface area contributed by atoms with Crippen molar-refractivity contribution in [2.24, 2.45) is 0 Å². The van der Waals surface area contributed by atoms with Crippen molar-refractivity contribution in [1.29, 1.82) is 0 Å². The van der Waals surface area contributed by atoms with Crippen LogP contribution in [-0.2, 0) is 9.59 Å². The SMILES string of the molecule is CCOc1ccc(C2/C(=C(/O)c3ccc(Cl)c(OC)c3)C(=O)C(=O)N2c2cccc(C)c2)cc1OC. The summed E-state index contributed by atoms with van der Waals surface area (Å²) in [7, 11) is 2.97. The van der Waals surface area contributed by atoms with Crippen molar-refractivity contribution in [3.05, 3.63) is 87.9 Å². The molecule has 1 saturated heterocycles. The Labute approximate surface area is 214 Å². The first-order valence-electron chi connectivity index (χ1n) is 11.3. The molecule has 0 saturated carbocycles. The zero-order chi connectivity index (χ0) is 26.0. The Bertz CT molecular complexity index is 1370. The monoisotopic (exact) mass is 507 g/mol. The van der Waals surface area contributed by atoms with Gasteiger partial charge in [-0.15, -0.1) is 0 Å². The van der Waals surface area contributed by atoms with E-state index in [4.69, 9.17) is 25.8 Å². The maximum atomic E-state index is 13.4. The number of aryl methyl sites for hydroxylation is 1. The van der Waals surface area contributed by atoms with E-state index in [1.807, 2.05) is 32.0 Å². The van der Waals surface area contributed by atoms with Crippen LogP contribution in [0.2, 0.25) is 5.02 Å². The van der Waals surface area contributed by atoms with Gasteiger partial charge in [-0.2, -0.15) is 0 Å². The number of carbonyl (C=O) groups excluding carboxylic acids is 2. The predicted octanol–water partition coefficient (Wildman–Crippen LogP) is 5.69. The minimum absolute atomic E-state index is 0.0582. The van der Waals surface area contributed by atoms with Gasteiger partial charge in [0.25, 0.3) is 11.7 Å². The normalized spacial score (nSPS) is 16.8. The first-order chi connectivity index (χ1) is 17.3. The number of ether oxygens (including phenoxy) is 3. The van der Waals surface area contributed by atoms with Crippen molar-refractivity contribution in [3.8, 4) is 17.2 Å². The number of ketones is 1. The number of carbonyl (C=O) groups is 2. The van der Waals surface area contributed by atoms with Gasteiger partial charge in [0.15, 0.2) is 11.5 Å². The molecule has 0 bridgehead atoms. The molecule has 3 aromatic rings. The molecule has 7 nitrogen and oxygen atoms in total. The van der Waals surface area contributed by atoms with Crippen LogP contribution in [0.15, 0.2) is 66.2 Å². The largest absolute Gasteiger partial charge is 0.507 e. The fraction of sp³-hybridized carbons (Fsp3) is 0.214. The standard InChI is InChI=1S/C28H26ClNO6/c1-5-36-21-12-10-17(14-23(21)35-4)25-24(26(31)18-9-11-20(29)22(15-18)34-3)27(32)28(33)30(25)19-8-6-7-16(2)13-19/h6-15,25,31H,5H2,1-4H3/b26-24-. The van der Waals surface area contributed by atoms with E-state index in [-0.39, 0.29) is 11.3 Å². The third kappa shape index (κ3) is 4.50. The van der Waals surface area contributed by atoms with E-state index in [1.54, 1.807) is 36.4 Å². The van der Waals surface area contributed by atoms with Gasteiger partial charge in [0.2, 0.25) is 0 Å². The Balaban J connectivity index is 1.97. The summed E-state index contributed by atoms with van der Waals surface area (Å²) in [4.78, 5) is 28.2. The molecule has 1 fully saturated rings. The number of nitrogens with zero attached hydrogens (tertiary/aromatic N) is 1. The summed E-state index contributed by atoms with van der Waals surface area (Å²) in [5.41, 5.74) is 2.25. The van der Waals surface area contributed by atoms with Gasteiger partial charge in [-0.05, 0) is 67.4 Å². The van der Waals surface area contributed by atoms with Crippen LogP contribution in [-0.4, -0.2) is 37.6 Å². The Morgan fingerprint density at radius 3 is 2.39 bits per heavy atom. The highest BCUT2D eigenvalue weighted by Gasteiger charge is 2.47. The molecule has 1 heterocycles. The quantitative estimate of drug-likeness (QED) is 0.251. The lowest BCUT2D eigenvalue weighted by molar-refractivity contribution is -0.132. The second kappa shape index (κ2) is 10.3. The lowest BCUT2D eigenvalue weighted by Gasteiger charge is -2.26. The van der Waals surface area contributed by atoms with Crippen molar-refractivity contribution in [2.75, 3.05) is 25.7 Å². The van der Waals surface area contributed by atoms with Crippen LogP contribution in [0.1, 0.15) is 29.7 Å². The Morgan fingerprint density at radius 2 is 1.72 bits per heavy atom. The molecule has 186 valence electrons.